The Labute approximate surface area is 127 Å². The van der Waals surface area contributed by atoms with Crippen molar-refractivity contribution in [1.82, 2.24) is 16.0 Å². The molecule has 2 amide bonds. The third-order valence-electron chi connectivity index (χ3n) is 3.48. The zero-order valence-corrected chi connectivity index (χ0v) is 13.9. The lowest BCUT2D eigenvalue weighted by Gasteiger charge is -2.22. The van der Waals surface area contributed by atoms with Gasteiger partial charge < -0.3 is 16.0 Å². The molecular formula is C15H29N3O3. The molecule has 0 heterocycles. The van der Waals surface area contributed by atoms with Gasteiger partial charge in [0.1, 0.15) is 6.04 Å². The molecule has 0 aliphatic carbocycles. The predicted octanol–water partition coefficient (Wildman–Crippen LogP) is 0.752. The Morgan fingerprint density at radius 3 is 1.76 bits per heavy atom. The van der Waals surface area contributed by atoms with E-state index in [0.717, 1.165) is 6.42 Å². The first kappa shape index (κ1) is 19.6. The van der Waals surface area contributed by atoms with E-state index in [4.69, 9.17) is 0 Å². The summed E-state index contributed by atoms with van der Waals surface area (Å²) in [7, 11) is 0. The zero-order chi connectivity index (χ0) is 16.6. The molecule has 4 atom stereocenters. The van der Waals surface area contributed by atoms with Gasteiger partial charge in [-0.3, -0.25) is 14.4 Å². The van der Waals surface area contributed by atoms with E-state index >= 15 is 0 Å². The van der Waals surface area contributed by atoms with E-state index in [2.05, 4.69) is 16.0 Å². The van der Waals surface area contributed by atoms with Crippen molar-refractivity contribution < 1.29 is 14.4 Å². The van der Waals surface area contributed by atoms with Gasteiger partial charge in [-0.25, -0.2) is 0 Å². The molecule has 0 saturated heterocycles. The lowest BCUT2D eigenvalue weighted by molar-refractivity contribution is -0.131. The van der Waals surface area contributed by atoms with Gasteiger partial charge in [0.15, 0.2) is 5.78 Å². The lowest BCUT2D eigenvalue weighted by atomic mass is 10.1. The first-order valence-corrected chi connectivity index (χ1v) is 7.62. The maximum atomic E-state index is 12.0. The monoisotopic (exact) mass is 299 g/mol. The molecule has 21 heavy (non-hydrogen) atoms. The van der Waals surface area contributed by atoms with E-state index in [9.17, 15) is 14.4 Å². The van der Waals surface area contributed by atoms with Crippen LogP contribution in [0.5, 0.6) is 0 Å². The average Bonchev–Trinajstić information content (AvgIpc) is 2.45. The minimum atomic E-state index is -0.675. The van der Waals surface area contributed by atoms with Crippen molar-refractivity contribution in [2.24, 2.45) is 0 Å². The van der Waals surface area contributed by atoms with Crippen LogP contribution >= 0.6 is 0 Å². The summed E-state index contributed by atoms with van der Waals surface area (Å²) in [6.45, 7) is 10.8. The van der Waals surface area contributed by atoms with Crippen molar-refractivity contribution in [3.63, 3.8) is 0 Å². The Bertz CT molecular complexity index is 371. The average molecular weight is 299 g/mol. The minimum absolute atomic E-state index is 0.0336. The first-order valence-electron chi connectivity index (χ1n) is 7.62. The smallest absolute Gasteiger partial charge is 0.242 e. The van der Waals surface area contributed by atoms with Crippen LogP contribution in [0.3, 0.4) is 0 Å². The van der Waals surface area contributed by atoms with Gasteiger partial charge in [0.25, 0.3) is 0 Å². The predicted molar refractivity (Wildman–Crippen MR) is 82.9 cm³/mol. The molecule has 0 aliphatic heterocycles. The van der Waals surface area contributed by atoms with Crippen molar-refractivity contribution in [3.8, 4) is 0 Å². The summed E-state index contributed by atoms with van der Waals surface area (Å²) < 4.78 is 0. The van der Waals surface area contributed by atoms with Gasteiger partial charge in [0, 0.05) is 12.5 Å². The van der Waals surface area contributed by atoms with E-state index in [1.807, 2.05) is 13.8 Å². The minimum Gasteiger partial charge on any atom is -0.345 e. The Balaban J connectivity index is 4.34. The van der Waals surface area contributed by atoms with Crippen molar-refractivity contribution in [2.45, 2.75) is 78.6 Å². The number of carbonyl (C=O) groups is 3. The quantitative estimate of drug-likeness (QED) is 0.586. The van der Waals surface area contributed by atoms with Gasteiger partial charge in [0.2, 0.25) is 11.8 Å². The Morgan fingerprint density at radius 2 is 1.29 bits per heavy atom. The molecule has 1 unspecified atom stereocenters. The second-order valence-electron chi connectivity index (χ2n) is 5.48. The molecule has 0 radical (unpaired) electrons. The van der Waals surface area contributed by atoms with Crippen LogP contribution in [0.1, 0.15) is 54.4 Å². The van der Waals surface area contributed by atoms with Crippen LogP contribution in [0, 0.1) is 0 Å². The Hall–Kier alpha value is -1.43. The molecule has 0 aromatic heterocycles. The van der Waals surface area contributed by atoms with E-state index in [1.54, 1.807) is 27.7 Å². The van der Waals surface area contributed by atoms with E-state index in [1.165, 1.54) is 0 Å². The number of ketones is 1. The summed E-state index contributed by atoms with van der Waals surface area (Å²) >= 11 is 0. The molecule has 122 valence electrons. The first-order chi connectivity index (χ1) is 9.72. The highest BCUT2D eigenvalue weighted by atomic mass is 16.2. The van der Waals surface area contributed by atoms with Crippen molar-refractivity contribution >= 4 is 17.6 Å². The maximum absolute atomic E-state index is 12.0. The molecule has 0 spiro atoms. The second-order valence-corrected chi connectivity index (χ2v) is 5.48. The molecule has 0 aliphatic rings. The van der Waals surface area contributed by atoms with Crippen LogP contribution in [0.4, 0.5) is 0 Å². The third-order valence-corrected chi connectivity index (χ3v) is 3.48. The summed E-state index contributed by atoms with van der Waals surface area (Å²) in [4.78, 5) is 35.3. The fraction of sp³-hybridized carbons (Fsp3) is 0.800. The van der Waals surface area contributed by atoms with Gasteiger partial charge in [-0.2, -0.15) is 0 Å². The van der Waals surface area contributed by atoms with Crippen LogP contribution in [0.25, 0.3) is 0 Å². The summed E-state index contributed by atoms with van der Waals surface area (Å²) in [5.41, 5.74) is 0. The highest BCUT2D eigenvalue weighted by Crippen LogP contribution is 1.95. The summed E-state index contributed by atoms with van der Waals surface area (Å²) in [6, 6.07) is -1.34. The molecule has 0 rings (SSSR count). The van der Waals surface area contributed by atoms with Gasteiger partial charge in [-0.1, -0.05) is 13.8 Å². The van der Waals surface area contributed by atoms with Gasteiger partial charge in [0.05, 0.1) is 12.1 Å². The summed E-state index contributed by atoms with van der Waals surface area (Å²) in [5.74, 6) is -0.616. The maximum Gasteiger partial charge on any atom is 0.242 e. The standard InChI is InChI=1S/C15H29N3O3/c1-7-9(3)16-11(5)14(20)18-12(6)15(21)17-10(4)13(19)8-2/h9-12,16H,7-8H2,1-6H3,(H,17,21)(H,18,20)/t9?,10-,11-,12-/m0/s1. The van der Waals surface area contributed by atoms with Gasteiger partial charge >= 0.3 is 0 Å². The molecule has 6 nitrogen and oxygen atoms in total. The topological polar surface area (TPSA) is 87.3 Å². The van der Waals surface area contributed by atoms with Gasteiger partial charge in [-0.05, 0) is 34.1 Å². The molecule has 6 heteroatoms. The zero-order valence-electron chi connectivity index (χ0n) is 13.9. The molecular weight excluding hydrogens is 270 g/mol. The SMILES string of the molecule is CCC(=O)[C@H](C)NC(=O)[C@H](C)NC(=O)[C@H](C)NC(C)CC. The number of hydrogen-bond donors (Lipinski definition) is 3. The van der Waals surface area contributed by atoms with Crippen LogP contribution < -0.4 is 16.0 Å². The molecule has 0 bridgehead atoms. The Morgan fingerprint density at radius 1 is 0.810 bits per heavy atom. The van der Waals surface area contributed by atoms with Crippen molar-refractivity contribution in [3.05, 3.63) is 0 Å². The van der Waals surface area contributed by atoms with E-state index < -0.39 is 12.1 Å². The largest absolute Gasteiger partial charge is 0.345 e. The highest BCUT2D eigenvalue weighted by molar-refractivity contribution is 5.93. The van der Waals surface area contributed by atoms with Crippen LogP contribution in [-0.4, -0.2) is 41.8 Å². The van der Waals surface area contributed by atoms with Crippen LogP contribution in [0.2, 0.25) is 0 Å². The number of hydrogen-bond acceptors (Lipinski definition) is 4. The number of rotatable bonds is 9. The fourth-order valence-corrected chi connectivity index (χ4v) is 1.75. The summed E-state index contributed by atoms with van der Waals surface area (Å²) in [5, 5.41) is 8.39. The number of nitrogens with one attached hydrogen (secondary N) is 3. The highest BCUT2D eigenvalue weighted by Gasteiger charge is 2.22. The Kier molecular flexibility index (Phi) is 8.85. The van der Waals surface area contributed by atoms with Crippen molar-refractivity contribution in [2.75, 3.05) is 0 Å². The second kappa shape index (κ2) is 9.50. The van der Waals surface area contributed by atoms with E-state index in [-0.39, 0.29) is 29.7 Å². The molecule has 0 saturated carbocycles. The van der Waals surface area contributed by atoms with Gasteiger partial charge in [-0.15, -0.1) is 0 Å². The third kappa shape index (κ3) is 7.22. The number of carbonyl (C=O) groups excluding carboxylic acids is 3. The summed E-state index contributed by atoms with van der Waals surface area (Å²) in [6.07, 6.45) is 1.29. The number of Topliss-reactive ketones (excluding diaryl/α,β-unsaturated/α-hetero) is 1. The van der Waals surface area contributed by atoms with E-state index in [0.29, 0.717) is 6.42 Å². The lowest BCUT2D eigenvalue weighted by Crippen LogP contribution is -2.53. The molecule has 0 aromatic carbocycles. The molecule has 3 N–H and O–H groups in total. The number of amides is 2. The normalized spacial score (nSPS) is 16.5. The molecule has 0 aromatic rings. The van der Waals surface area contributed by atoms with Crippen LogP contribution in [-0.2, 0) is 14.4 Å². The fourth-order valence-electron chi connectivity index (χ4n) is 1.75. The molecule has 0 fully saturated rings. The van der Waals surface area contributed by atoms with Crippen molar-refractivity contribution in [1.29, 1.82) is 0 Å². The van der Waals surface area contributed by atoms with Crippen LogP contribution in [0.15, 0.2) is 0 Å².